The van der Waals surface area contributed by atoms with Gasteiger partial charge in [-0.3, -0.25) is 14.5 Å². The highest BCUT2D eigenvalue weighted by Gasteiger charge is 2.29. The molecule has 1 aliphatic rings. The van der Waals surface area contributed by atoms with Gasteiger partial charge in [0.2, 0.25) is 5.91 Å². The number of amides is 1. The molecular weight excluding hydrogens is 265 g/mol. The van der Waals surface area contributed by atoms with Gasteiger partial charge in [-0.15, -0.1) is 0 Å². The zero-order valence-electron chi connectivity index (χ0n) is 10.6. The molecule has 1 rings (SSSR count). The van der Waals surface area contributed by atoms with Crippen LogP contribution >= 0.6 is 0 Å². The van der Waals surface area contributed by atoms with E-state index in [1.807, 2.05) is 5.32 Å². The van der Waals surface area contributed by atoms with Gasteiger partial charge in [0.25, 0.3) is 0 Å². The summed E-state index contributed by atoms with van der Waals surface area (Å²) in [5, 5.41) is 1.82. The molecule has 0 aromatic rings. The first kappa shape index (κ1) is 15.7. The molecule has 0 aliphatic carbocycles. The third kappa shape index (κ3) is 5.91. The molecule has 5 nitrogen and oxygen atoms in total. The van der Waals surface area contributed by atoms with Crippen LogP contribution in [0.3, 0.4) is 0 Å². The number of methoxy groups -OCH3 is 1. The molecule has 1 fully saturated rings. The fourth-order valence-corrected chi connectivity index (χ4v) is 1.95. The maximum atomic E-state index is 11.9. The van der Waals surface area contributed by atoms with Gasteiger partial charge in [0, 0.05) is 0 Å². The average Bonchev–Trinajstić information content (AvgIpc) is 2.35. The van der Waals surface area contributed by atoms with Gasteiger partial charge in [-0.2, -0.15) is 13.2 Å². The molecule has 110 valence electrons. The fourth-order valence-electron chi connectivity index (χ4n) is 1.95. The van der Waals surface area contributed by atoms with E-state index in [0.717, 1.165) is 0 Å². The molecule has 0 unspecified atom stereocenters. The van der Waals surface area contributed by atoms with Gasteiger partial charge in [0.1, 0.15) is 6.54 Å². The molecule has 0 saturated carbocycles. The number of rotatable bonds is 4. The Morgan fingerprint density at radius 3 is 2.37 bits per heavy atom. The van der Waals surface area contributed by atoms with Gasteiger partial charge in [-0.1, -0.05) is 0 Å². The van der Waals surface area contributed by atoms with E-state index < -0.39 is 18.6 Å². The van der Waals surface area contributed by atoms with Gasteiger partial charge >= 0.3 is 12.1 Å². The Hall–Kier alpha value is -1.31. The van der Waals surface area contributed by atoms with Crippen LogP contribution in [-0.4, -0.2) is 56.2 Å². The first-order valence-corrected chi connectivity index (χ1v) is 5.95. The van der Waals surface area contributed by atoms with Crippen molar-refractivity contribution in [3.8, 4) is 0 Å². The normalized spacial score (nSPS) is 18.1. The van der Waals surface area contributed by atoms with Crippen molar-refractivity contribution in [2.75, 3.05) is 33.3 Å². The zero-order chi connectivity index (χ0) is 14.5. The van der Waals surface area contributed by atoms with Gasteiger partial charge in [0.05, 0.1) is 19.6 Å². The predicted octanol–water partition coefficient (Wildman–Crippen LogP) is 0.550. The van der Waals surface area contributed by atoms with Gasteiger partial charge < -0.3 is 10.1 Å². The lowest BCUT2D eigenvalue weighted by molar-refractivity contribution is -0.147. The summed E-state index contributed by atoms with van der Waals surface area (Å²) in [7, 11) is 1.32. The van der Waals surface area contributed by atoms with Crippen LogP contribution in [0.2, 0.25) is 0 Å². The Balaban J connectivity index is 2.25. The summed E-state index contributed by atoms with van der Waals surface area (Å²) in [5.41, 5.74) is 0. The van der Waals surface area contributed by atoms with Crippen LogP contribution in [0.25, 0.3) is 0 Å². The monoisotopic (exact) mass is 282 g/mol. The minimum Gasteiger partial charge on any atom is -0.469 e. The fraction of sp³-hybridized carbons (Fsp3) is 0.818. The number of carbonyl (C=O) groups is 2. The number of likely N-dealkylation sites (tertiary alicyclic amines) is 1. The number of hydrogen-bond donors (Lipinski definition) is 1. The van der Waals surface area contributed by atoms with Crippen LogP contribution in [-0.2, 0) is 14.3 Å². The number of hydrogen-bond acceptors (Lipinski definition) is 4. The second-order valence-corrected chi connectivity index (χ2v) is 4.47. The Morgan fingerprint density at radius 2 is 1.89 bits per heavy atom. The highest BCUT2D eigenvalue weighted by atomic mass is 19.4. The Labute approximate surface area is 109 Å². The van der Waals surface area contributed by atoms with Crippen LogP contribution in [0.4, 0.5) is 13.2 Å². The van der Waals surface area contributed by atoms with Crippen molar-refractivity contribution in [2.45, 2.75) is 19.0 Å². The number of halogens is 3. The van der Waals surface area contributed by atoms with Crippen molar-refractivity contribution in [2.24, 2.45) is 5.92 Å². The van der Waals surface area contributed by atoms with Crippen LogP contribution < -0.4 is 5.32 Å². The lowest BCUT2D eigenvalue weighted by Gasteiger charge is -2.29. The molecule has 1 N–H and O–H groups in total. The molecule has 1 amide bonds. The van der Waals surface area contributed by atoms with Crippen molar-refractivity contribution in [3.05, 3.63) is 0 Å². The van der Waals surface area contributed by atoms with Gasteiger partial charge in [-0.25, -0.2) is 0 Å². The highest BCUT2D eigenvalue weighted by molar-refractivity contribution is 5.78. The average molecular weight is 282 g/mol. The minimum atomic E-state index is -4.40. The minimum absolute atomic E-state index is 0.0794. The van der Waals surface area contributed by atoms with E-state index in [0.29, 0.717) is 25.9 Å². The van der Waals surface area contributed by atoms with Crippen molar-refractivity contribution >= 4 is 11.9 Å². The maximum absolute atomic E-state index is 11.9. The molecule has 1 aliphatic heterocycles. The van der Waals surface area contributed by atoms with Crippen LogP contribution in [0.5, 0.6) is 0 Å². The number of esters is 1. The van der Waals surface area contributed by atoms with Crippen LogP contribution in [0, 0.1) is 5.92 Å². The summed E-state index contributed by atoms with van der Waals surface area (Å²) in [6.45, 7) is -0.396. The smallest absolute Gasteiger partial charge is 0.405 e. The number of alkyl halides is 3. The van der Waals surface area contributed by atoms with Crippen molar-refractivity contribution in [1.82, 2.24) is 10.2 Å². The number of nitrogens with one attached hydrogen (secondary N) is 1. The number of ether oxygens (including phenoxy) is 1. The summed E-state index contributed by atoms with van der Waals surface area (Å²) in [4.78, 5) is 24.3. The summed E-state index contributed by atoms with van der Waals surface area (Å²) >= 11 is 0. The highest BCUT2D eigenvalue weighted by Crippen LogP contribution is 2.18. The second-order valence-electron chi connectivity index (χ2n) is 4.47. The summed E-state index contributed by atoms with van der Waals surface area (Å²) in [6.07, 6.45) is -3.29. The van der Waals surface area contributed by atoms with E-state index in [1.165, 1.54) is 7.11 Å². The molecule has 0 aromatic heterocycles. The molecule has 0 aromatic carbocycles. The van der Waals surface area contributed by atoms with E-state index in [2.05, 4.69) is 4.74 Å². The zero-order valence-corrected chi connectivity index (χ0v) is 10.6. The maximum Gasteiger partial charge on any atom is 0.405 e. The van der Waals surface area contributed by atoms with Crippen LogP contribution in [0.15, 0.2) is 0 Å². The third-order valence-electron chi connectivity index (χ3n) is 2.98. The van der Waals surface area contributed by atoms with Crippen molar-refractivity contribution in [3.63, 3.8) is 0 Å². The lowest BCUT2D eigenvalue weighted by atomic mass is 9.97. The second kappa shape index (κ2) is 6.74. The quantitative estimate of drug-likeness (QED) is 0.765. The molecule has 8 heteroatoms. The van der Waals surface area contributed by atoms with E-state index in [-0.39, 0.29) is 18.4 Å². The van der Waals surface area contributed by atoms with Gasteiger partial charge in [-0.05, 0) is 25.9 Å². The SMILES string of the molecule is COC(=O)C1CCN(CC(=O)NCC(F)(F)F)CC1. The van der Waals surface area contributed by atoms with Crippen molar-refractivity contribution < 1.29 is 27.5 Å². The molecule has 0 radical (unpaired) electrons. The first-order chi connectivity index (χ1) is 8.81. The number of carbonyl (C=O) groups excluding carboxylic acids is 2. The third-order valence-corrected chi connectivity index (χ3v) is 2.98. The van der Waals surface area contributed by atoms with Crippen molar-refractivity contribution in [1.29, 1.82) is 0 Å². The Morgan fingerprint density at radius 1 is 1.32 bits per heavy atom. The standard InChI is InChI=1S/C11H17F3N2O3/c1-19-10(18)8-2-4-16(5-3-8)6-9(17)15-7-11(12,13)14/h8H,2-7H2,1H3,(H,15,17). The largest absolute Gasteiger partial charge is 0.469 e. The molecule has 0 atom stereocenters. The topological polar surface area (TPSA) is 58.6 Å². The predicted molar refractivity (Wildman–Crippen MR) is 60.2 cm³/mol. The molecule has 19 heavy (non-hydrogen) atoms. The molecule has 0 bridgehead atoms. The molecule has 1 heterocycles. The molecule has 0 spiro atoms. The Bertz CT molecular complexity index is 326. The van der Waals surface area contributed by atoms with E-state index in [1.54, 1.807) is 4.90 Å². The Kier molecular flexibility index (Phi) is 5.59. The molecule has 1 saturated heterocycles. The summed E-state index contributed by atoms with van der Waals surface area (Å²) < 4.78 is 40.3. The summed E-state index contributed by atoms with van der Waals surface area (Å²) in [5.74, 6) is -1.12. The van der Waals surface area contributed by atoms with Crippen LogP contribution in [0.1, 0.15) is 12.8 Å². The number of piperidine rings is 1. The van der Waals surface area contributed by atoms with E-state index >= 15 is 0 Å². The first-order valence-electron chi connectivity index (χ1n) is 5.95. The van der Waals surface area contributed by atoms with E-state index in [9.17, 15) is 22.8 Å². The van der Waals surface area contributed by atoms with Gasteiger partial charge in [0.15, 0.2) is 0 Å². The lowest BCUT2D eigenvalue weighted by Crippen LogP contribution is -2.44. The number of nitrogens with zero attached hydrogens (tertiary/aromatic N) is 1. The summed E-state index contributed by atoms with van der Waals surface area (Å²) in [6, 6.07) is 0. The molecular formula is C11H17F3N2O3. The van der Waals surface area contributed by atoms with E-state index in [4.69, 9.17) is 0 Å².